The lowest BCUT2D eigenvalue weighted by Crippen LogP contribution is -2.45. The molecule has 2 atom stereocenters. The number of sulfone groups is 1. The Kier molecular flexibility index (Phi) is 7.22. The molecule has 1 saturated heterocycles. The molecule has 0 aromatic heterocycles. The lowest BCUT2D eigenvalue weighted by molar-refractivity contribution is -0.118. The third kappa shape index (κ3) is 6.27. The Labute approximate surface area is 144 Å². The highest BCUT2D eigenvalue weighted by atomic mass is 32.2. The van der Waals surface area contributed by atoms with E-state index in [-0.39, 0.29) is 22.7 Å². The monoisotopic (exact) mass is 362 g/mol. The van der Waals surface area contributed by atoms with Crippen molar-refractivity contribution in [1.82, 2.24) is 10.2 Å². The standard InChI is InChI=1S/C16H30N2O3S2/c1-18(2)15(13-6-4-3-5-7-13)10-17-16(19)11-22-14-8-9-23(20,21)12-14/h13-15H,3-12H2,1-2H3,(H,17,19)/t14-,15-/m1/s1. The van der Waals surface area contributed by atoms with Crippen LogP contribution in [-0.2, 0) is 14.6 Å². The second-order valence-corrected chi connectivity index (χ2v) is 10.6. The minimum Gasteiger partial charge on any atom is -0.354 e. The Bertz CT molecular complexity index is 488. The quantitative estimate of drug-likeness (QED) is 0.744. The van der Waals surface area contributed by atoms with E-state index in [1.165, 1.54) is 43.9 Å². The number of thioether (sulfide) groups is 1. The fourth-order valence-corrected chi connectivity index (χ4v) is 7.12. The van der Waals surface area contributed by atoms with Gasteiger partial charge < -0.3 is 10.2 Å². The van der Waals surface area contributed by atoms with E-state index in [0.29, 0.717) is 30.7 Å². The molecule has 0 unspecified atom stereocenters. The highest BCUT2D eigenvalue weighted by Crippen LogP contribution is 2.28. The van der Waals surface area contributed by atoms with Gasteiger partial charge >= 0.3 is 0 Å². The summed E-state index contributed by atoms with van der Waals surface area (Å²) in [7, 11) is 1.32. The summed E-state index contributed by atoms with van der Waals surface area (Å²) >= 11 is 1.49. The predicted molar refractivity (Wildman–Crippen MR) is 96.6 cm³/mol. The largest absolute Gasteiger partial charge is 0.354 e. The van der Waals surface area contributed by atoms with Crippen LogP contribution in [-0.4, -0.2) is 68.4 Å². The summed E-state index contributed by atoms with van der Waals surface area (Å²) < 4.78 is 22.9. The molecule has 0 bridgehead atoms. The van der Waals surface area contributed by atoms with Crippen molar-refractivity contribution < 1.29 is 13.2 Å². The van der Waals surface area contributed by atoms with Crippen LogP contribution in [0.4, 0.5) is 0 Å². The molecule has 1 heterocycles. The van der Waals surface area contributed by atoms with E-state index in [1.54, 1.807) is 0 Å². The van der Waals surface area contributed by atoms with Crippen molar-refractivity contribution in [3.05, 3.63) is 0 Å². The molecule has 0 aromatic rings. The van der Waals surface area contributed by atoms with Crippen LogP contribution in [0.3, 0.4) is 0 Å². The second kappa shape index (κ2) is 8.72. The fraction of sp³-hybridized carbons (Fsp3) is 0.938. The maximum absolute atomic E-state index is 12.1. The minimum absolute atomic E-state index is 0.0296. The Balaban J connectivity index is 1.71. The first-order chi connectivity index (χ1) is 10.9. The molecule has 5 nitrogen and oxygen atoms in total. The zero-order chi connectivity index (χ0) is 16.9. The van der Waals surface area contributed by atoms with Crippen LogP contribution in [0.5, 0.6) is 0 Å². The van der Waals surface area contributed by atoms with Crippen LogP contribution in [0, 0.1) is 5.92 Å². The van der Waals surface area contributed by atoms with Crippen molar-refractivity contribution >= 4 is 27.5 Å². The van der Waals surface area contributed by atoms with Gasteiger partial charge in [-0.05, 0) is 39.3 Å². The molecule has 134 valence electrons. The van der Waals surface area contributed by atoms with Crippen molar-refractivity contribution in [1.29, 1.82) is 0 Å². The first-order valence-electron chi connectivity index (χ1n) is 8.62. The van der Waals surface area contributed by atoms with Crippen LogP contribution < -0.4 is 5.32 Å². The lowest BCUT2D eigenvalue weighted by atomic mass is 9.83. The lowest BCUT2D eigenvalue weighted by Gasteiger charge is -2.35. The Morgan fingerprint density at radius 2 is 1.91 bits per heavy atom. The summed E-state index contributed by atoms with van der Waals surface area (Å²) in [6.07, 6.45) is 7.14. The van der Waals surface area contributed by atoms with Gasteiger partial charge in [0.1, 0.15) is 0 Å². The van der Waals surface area contributed by atoms with Gasteiger partial charge in [-0.3, -0.25) is 4.79 Å². The van der Waals surface area contributed by atoms with E-state index in [1.807, 2.05) is 0 Å². The van der Waals surface area contributed by atoms with Crippen molar-refractivity contribution in [2.45, 2.75) is 49.8 Å². The highest BCUT2D eigenvalue weighted by Gasteiger charge is 2.29. The molecule has 2 fully saturated rings. The van der Waals surface area contributed by atoms with Gasteiger partial charge in [0.2, 0.25) is 5.91 Å². The topological polar surface area (TPSA) is 66.5 Å². The first-order valence-corrected chi connectivity index (χ1v) is 11.5. The van der Waals surface area contributed by atoms with E-state index >= 15 is 0 Å². The zero-order valence-electron chi connectivity index (χ0n) is 14.3. The van der Waals surface area contributed by atoms with Gasteiger partial charge in [0.25, 0.3) is 0 Å². The maximum atomic E-state index is 12.1. The van der Waals surface area contributed by atoms with Gasteiger partial charge in [0, 0.05) is 17.8 Å². The molecule has 0 aromatic carbocycles. The number of nitrogens with one attached hydrogen (secondary N) is 1. The van der Waals surface area contributed by atoms with Crippen molar-refractivity contribution in [3.8, 4) is 0 Å². The molecule has 0 radical (unpaired) electrons. The molecular weight excluding hydrogens is 332 g/mol. The van der Waals surface area contributed by atoms with E-state index < -0.39 is 9.84 Å². The van der Waals surface area contributed by atoms with E-state index in [2.05, 4.69) is 24.3 Å². The SMILES string of the molecule is CN(C)[C@H](CNC(=O)CS[C@@H]1CCS(=O)(=O)C1)C1CCCCC1. The highest BCUT2D eigenvalue weighted by molar-refractivity contribution is 8.02. The molecular formula is C16H30N2O3S2. The second-order valence-electron chi connectivity index (χ2n) is 7.07. The zero-order valence-corrected chi connectivity index (χ0v) is 15.9. The molecule has 1 N–H and O–H groups in total. The van der Waals surface area contributed by atoms with Crippen molar-refractivity contribution in [3.63, 3.8) is 0 Å². The van der Waals surface area contributed by atoms with Gasteiger partial charge in [-0.1, -0.05) is 19.3 Å². The summed E-state index contributed by atoms with van der Waals surface area (Å²) in [5.41, 5.74) is 0. The third-order valence-electron chi connectivity index (χ3n) is 5.01. The predicted octanol–water partition coefficient (Wildman–Crippen LogP) is 1.53. The smallest absolute Gasteiger partial charge is 0.230 e. The van der Waals surface area contributed by atoms with Gasteiger partial charge in [-0.2, -0.15) is 0 Å². The van der Waals surface area contributed by atoms with Crippen LogP contribution in [0.25, 0.3) is 0 Å². The summed E-state index contributed by atoms with van der Waals surface area (Å²) in [4.78, 5) is 14.3. The molecule has 2 rings (SSSR count). The molecule has 7 heteroatoms. The van der Waals surface area contributed by atoms with Crippen LogP contribution in [0.15, 0.2) is 0 Å². The normalized spacial score (nSPS) is 26.3. The van der Waals surface area contributed by atoms with Crippen LogP contribution >= 0.6 is 11.8 Å². The summed E-state index contributed by atoms with van der Waals surface area (Å²) in [5.74, 6) is 1.57. The number of carbonyl (C=O) groups excluding carboxylic acids is 1. The molecule has 0 spiro atoms. The third-order valence-corrected chi connectivity index (χ3v) is 8.29. The molecule has 1 aliphatic carbocycles. The molecule has 2 aliphatic rings. The minimum atomic E-state index is -2.85. The average Bonchev–Trinajstić information content (AvgIpc) is 2.85. The van der Waals surface area contributed by atoms with E-state index in [0.717, 1.165) is 0 Å². The molecule has 1 amide bonds. The number of rotatable bonds is 7. The number of nitrogens with zero attached hydrogens (tertiary/aromatic N) is 1. The first kappa shape index (κ1) is 19.1. The Morgan fingerprint density at radius 1 is 1.22 bits per heavy atom. The number of hydrogen-bond acceptors (Lipinski definition) is 5. The maximum Gasteiger partial charge on any atom is 0.230 e. The van der Waals surface area contributed by atoms with Gasteiger partial charge in [0.15, 0.2) is 9.84 Å². The summed E-state index contributed by atoms with van der Waals surface area (Å²) in [6.45, 7) is 0.694. The Hall–Kier alpha value is -0.270. The summed E-state index contributed by atoms with van der Waals surface area (Å²) in [5, 5.41) is 3.15. The molecule has 23 heavy (non-hydrogen) atoms. The molecule has 1 aliphatic heterocycles. The number of likely N-dealkylation sites (N-methyl/N-ethyl adjacent to an activating group) is 1. The number of carbonyl (C=O) groups is 1. The van der Waals surface area contributed by atoms with Crippen LogP contribution in [0.1, 0.15) is 38.5 Å². The van der Waals surface area contributed by atoms with Gasteiger partial charge in [-0.15, -0.1) is 11.8 Å². The Morgan fingerprint density at radius 3 is 2.48 bits per heavy atom. The van der Waals surface area contributed by atoms with Gasteiger partial charge in [-0.25, -0.2) is 8.42 Å². The number of amides is 1. The molecule has 1 saturated carbocycles. The van der Waals surface area contributed by atoms with E-state index in [4.69, 9.17) is 0 Å². The fourth-order valence-electron chi connectivity index (χ4n) is 3.65. The summed E-state index contributed by atoms with van der Waals surface area (Å²) in [6, 6.07) is 0.399. The number of hydrogen-bond donors (Lipinski definition) is 1. The van der Waals surface area contributed by atoms with Crippen molar-refractivity contribution in [2.24, 2.45) is 5.92 Å². The van der Waals surface area contributed by atoms with Crippen molar-refractivity contribution in [2.75, 3.05) is 37.9 Å². The average molecular weight is 363 g/mol. The van der Waals surface area contributed by atoms with Gasteiger partial charge in [0.05, 0.1) is 17.3 Å². The van der Waals surface area contributed by atoms with E-state index in [9.17, 15) is 13.2 Å². The van der Waals surface area contributed by atoms with Crippen LogP contribution in [0.2, 0.25) is 0 Å².